The van der Waals surface area contributed by atoms with Crippen molar-refractivity contribution in [3.05, 3.63) is 57.9 Å². The molecule has 4 atom stereocenters. The molecule has 2 aliphatic heterocycles. The van der Waals surface area contributed by atoms with Crippen molar-refractivity contribution in [2.45, 2.75) is 107 Å². The maximum atomic E-state index is 14.0. The number of nitrogens with zero attached hydrogens (tertiary/aromatic N) is 3. The van der Waals surface area contributed by atoms with Crippen molar-refractivity contribution in [1.82, 2.24) is 29.1 Å². The van der Waals surface area contributed by atoms with Gasteiger partial charge in [0.15, 0.2) is 12.2 Å². The first kappa shape index (κ1) is 57.9. The molecule has 1 aromatic carbocycles. The fourth-order valence-corrected chi connectivity index (χ4v) is 13.0. The summed E-state index contributed by atoms with van der Waals surface area (Å²) >= 11 is 0.340. The summed E-state index contributed by atoms with van der Waals surface area (Å²) in [5, 5.41) is 15.1. The second kappa shape index (κ2) is 24.8. The second-order valence-corrected chi connectivity index (χ2v) is 22.3. The van der Waals surface area contributed by atoms with Crippen LogP contribution in [0.4, 0.5) is 5.69 Å². The minimum atomic E-state index is -4.84. The maximum Gasteiger partial charge on any atom is 0.347 e. The SMILES string of the molecule is CCN(CC)CCNC(=O)c1c(C)[nH]c(/C=C2\C(=O)Nc3ccc(OC(=O)CCC(=O)N(CC)[C@H]4CN(CCCOC)S(=O)(=O)c5sc(S(=O)(=O)NC(=O)[C@H](C)OC(=O)[C@H](C)OC(=O)[C@H](C)O)cc54)cc32)c1C. The summed E-state index contributed by atoms with van der Waals surface area (Å²) in [5.74, 6) is -5.68. The van der Waals surface area contributed by atoms with Crippen LogP contribution in [0.5, 0.6) is 5.75 Å². The molecule has 2 aromatic heterocycles. The highest BCUT2D eigenvalue weighted by Crippen LogP contribution is 2.43. The van der Waals surface area contributed by atoms with E-state index in [1.807, 2.05) is 13.8 Å². The largest absolute Gasteiger partial charge is 0.450 e. The molecule has 0 radical (unpaired) electrons. The Morgan fingerprint density at radius 3 is 2.32 bits per heavy atom. The monoisotopic (exact) mass is 1080 g/mol. The number of fused-ring (bicyclic) bond motifs is 2. The maximum absolute atomic E-state index is 14.0. The number of anilines is 1. The highest BCUT2D eigenvalue weighted by Gasteiger charge is 2.44. The van der Waals surface area contributed by atoms with E-state index in [0.717, 1.165) is 44.2 Å². The quantitative estimate of drug-likeness (QED) is 0.0373. The molecule has 73 heavy (non-hydrogen) atoms. The van der Waals surface area contributed by atoms with E-state index in [2.05, 4.69) is 20.5 Å². The Labute approximate surface area is 428 Å². The third-order valence-corrected chi connectivity index (χ3v) is 17.4. The lowest BCUT2D eigenvalue weighted by Gasteiger charge is -2.38. The molecule has 4 amide bonds. The molecule has 0 spiro atoms. The highest BCUT2D eigenvalue weighted by atomic mass is 32.3. The Kier molecular flexibility index (Phi) is 19.7. The molecule has 5 N–H and O–H groups in total. The number of rotatable bonds is 24. The van der Waals surface area contributed by atoms with Gasteiger partial charge in [-0.15, -0.1) is 11.3 Å². The van der Waals surface area contributed by atoms with Gasteiger partial charge in [-0.3, -0.25) is 24.0 Å². The molecular weight excluding hydrogens is 1010 g/mol. The van der Waals surface area contributed by atoms with E-state index in [-0.39, 0.29) is 55.5 Å². The molecule has 0 saturated carbocycles. The predicted molar refractivity (Wildman–Crippen MR) is 266 cm³/mol. The number of benzene rings is 1. The number of amides is 4. The number of hydrogen-bond acceptors (Lipinski definition) is 18. The lowest BCUT2D eigenvalue weighted by Crippen LogP contribution is -2.47. The Morgan fingerprint density at radius 2 is 1.67 bits per heavy atom. The van der Waals surface area contributed by atoms with Crippen LogP contribution in [0, 0.1) is 13.8 Å². The van der Waals surface area contributed by atoms with Crippen LogP contribution in [0.1, 0.15) is 105 Å². The number of methoxy groups -OCH3 is 1. The summed E-state index contributed by atoms with van der Waals surface area (Å²) in [5.41, 5.74) is 3.34. The second-order valence-electron chi connectivity index (χ2n) is 17.2. The fourth-order valence-electron chi connectivity index (χ4n) is 8.05. The zero-order valence-electron chi connectivity index (χ0n) is 42.1. The van der Waals surface area contributed by atoms with E-state index in [4.69, 9.17) is 18.9 Å². The number of sulfonamides is 2. The van der Waals surface area contributed by atoms with Crippen molar-refractivity contribution in [3.63, 3.8) is 0 Å². The van der Waals surface area contributed by atoms with Crippen LogP contribution in [-0.2, 0) is 63.0 Å². The van der Waals surface area contributed by atoms with Crippen LogP contribution in [0.2, 0.25) is 0 Å². The first-order valence-corrected chi connectivity index (χ1v) is 27.3. The molecule has 5 rings (SSSR count). The molecule has 0 aliphatic carbocycles. The number of ether oxygens (including phenoxy) is 4. The van der Waals surface area contributed by atoms with Crippen molar-refractivity contribution in [2.24, 2.45) is 0 Å². The lowest BCUT2D eigenvalue weighted by atomic mass is 10.0. The number of hydrogen-bond donors (Lipinski definition) is 5. The topological polar surface area (TPSA) is 307 Å². The summed E-state index contributed by atoms with van der Waals surface area (Å²) in [7, 11) is -7.77. The molecule has 0 saturated heterocycles. The van der Waals surface area contributed by atoms with Crippen molar-refractivity contribution < 1.29 is 74.5 Å². The van der Waals surface area contributed by atoms with Gasteiger partial charge in [0.1, 0.15) is 20.3 Å². The zero-order valence-corrected chi connectivity index (χ0v) is 44.6. The van der Waals surface area contributed by atoms with Crippen molar-refractivity contribution in [2.75, 3.05) is 64.8 Å². The number of aryl methyl sites for hydroxylation is 1. The summed E-state index contributed by atoms with van der Waals surface area (Å²) in [4.78, 5) is 97.6. The van der Waals surface area contributed by atoms with Gasteiger partial charge in [0, 0.05) is 81.1 Å². The number of aliphatic hydroxyl groups is 1. The molecule has 23 nitrogen and oxygen atoms in total. The number of aliphatic hydroxyl groups excluding tert-OH is 1. The molecule has 4 heterocycles. The lowest BCUT2D eigenvalue weighted by molar-refractivity contribution is -0.174. The fraction of sp³-hybridized carbons (Fsp3) is 0.511. The first-order valence-electron chi connectivity index (χ1n) is 23.5. The van der Waals surface area contributed by atoms with Crippen LogP contribution in [0.3, 0.4) is 0 Å². The number of esters is 3. The molecule has 26 heteroatoms. The van der Waals surface area contributed by atoms with Gasteiger partial charge in [-0.1, -0.05) is 13.8 Å². The molecule has 2 aliphatic rings. The summed E-state index contributed by atoms with van der Waals surface area (Å²) in [6, 6.07) is 4.53. The first-order chi connectivity index (χ1) is 34.4. The van der Waals surface area contributed by atoms with Crippen LogP contribution >= 0.6 is 11.3 Å². The number of carbonyl (C=O) groups is 7. The van der Waals surface area contributed by atoms with E-state index < -0.39 is 101 Å². The van der Waals surface area contributed by atoms with E-state index in [1.165, 1.54) is 24.1 Å². The van der Waals surface area contributed by atoms with Gasteiger partial charge in [-0.25, -0.2) is 31.1 Å². The number of aromatic amines is 1. The average molecular weight is 1080 g/mol. The smallest absolute Gasteiger partial charge is 0.347 e. The van der Waals surface area contributed by atoms with Crippen LogP contribution in [-0.4, -0.2) is 160 Å². The third-order valence-electron chi connectivity index (χ3n) is 12.1. The van der Waals surface area contributed by atoms with E-state index >= 15 is 0 Å². The van der Waals surface area contributed by atoms with Gasteiger partial charge in [0.25, 0.3) is 37.8 Å². The Bertz CT molecular complexity index is 2850. The molecule has 0 bridgehead atoms. The van der Waals surface area contributed by atoms with Gasteiger partial charge in [0.2, 0.25) is 5.91 Å². The molecule has 0 fully saturated rings. The number of likely N-dealkylation sites (N-methyl/N-ethyl adjacent to an activating group) is 2. The number of H-pyrrole nitrogens is 1. The highest BCUT2D eigenvalue weighted by molar-refractivity contribution is 7.94. The molecular formula is C47H63N7O16S3. The standard InChI is InChI=1S/C47H63N7O16S3/c1-10-52(11-2)20-18-48-44(60)41-26(4)36(49-27(41)5)23-33-32-22-31(14-15-35(32)50-43(33)59)70-39(57)17-16-38(56)54(12-3)37-25-53(19-13-21-67-9)73(65,66)47-34(37)24-40(71-47)72(63,64)51-42(58)29(7)68-46(62)30(8)69-45(61)28(6)55/h14-15,22-24,28-30,37,49,55H,10-13,16-21,25H2,1-9H3,(H,48,60)(H,50,59)(H,51,58)/b33-23-/t28-,29-,30-,37-/m0/s1. The Morgan fingerprint density at radius 1 is 0.986 bits per heavy atom. The Hall–Kier alpha value is -6.03. The van der Waals surface area contributed by atoms with Gasteiger partial charge < -0.3 is 49.5 Å². The van der Waals surface area contributed by atoms with Crippen molar-refractivity contribution >= 4 is 90.3 Å². The normalized spacial score (nSPS) is 16.9. The van der Waals surface area contributed by atoms with E-state index in [0.29, 0.717) is 58.2 Å². The van der Waals surface area contributed by atoms with Crippen LogP contribution < -0.4 is 20.1 Å². The summed E-state index contributed by atoms with van der Waals surface area (Å²) in [6.45, 7) is 15.2. The van der Waals surface area contributed by atoms with Crippen molar-refractivity contribution in [1.29, 1.82) is 0 Å². The molecule has 400 valence electrons. The number of nitrogens with one attached hydrogen (secondary N) is 4. The molecule has 0 unspecified atom stereocenters. The minimum absolute atomic E-state index is 0.00393. The van der Waals surface area contributed by atoms with Gasteiger partial charge in [-0.05, 0) is 97.0 Å². The van der Waals surface area contributed by atoms with Gasteiger partial charge in [-0.2, -0.15) is 4.31 Å². The number of carbonyl (C=O) groups excluding carboxylic acids is 7. The number of thiophene rings is 1. The Balaban J connectivity index is 1.30. The third kappa shape index (κ3) is 13.8. The minimum Gasteiger partial charge on any atom is -0.450 e. The number of aromatic nitrogens is 1. The zero-order chi connectivity index (χ0) is 54.1. The van der Waals surface area contributed by atoms with Gasteiger partial charge in [0.05, 0.1) is 23.6 Å². The molecule has 3 aromatic rings. The van der Waals surface area contributed by atoms with Crippen LogP contribution in [0.15, 0.2) is 32.7 Å². The van der Waals surface area contributed by atoms with Gasteiger partial charge >= 0.3 is 17.9 Å². The summed E-state index contributed by atoms with van der Waals surface area (Å²) in [6.07, 6.45) is -3.84. The average Bonchev–Trinajstić information content (AvgIpc) is 4.01. The van der Waals surface area contributed by atoms with Crippen LogP contribution in [0.25, 0.3) is 11.6 Å². The van der Waals surface area contributed by atoms with E-state index in [1.54, 1.807) is 37.6 Å². The van der Waals surface area contributed by atoms with E-state index in [9.17, 15) is 55.5 Å². The summed E-state index contributed by atoms with van der Waals surface area (Å²) < 4.78 is 77.6. The predicted octanol–water partition coefficient (Wildman–Crippen LogP) is 2.62. The van der Waals surface area contributed by atoms with Crippen molar-refractivity contribution in [3.8, 4) is 5.75 Å².